The highest BCUT2D eigenvalue weighted by Gasteiger charge is 2.11. The second kappa shape index (κ2) is 11.9. The largest absolute Gasteiger partial charge is 0.357 e. The van der Waals surface area contributed by atoms with Gasteiger partial charge in [-0.1, -0.05) is 31.2 Å². The van der Waals surface area contributed by atoms with E-state index in [1.807, 2.05) is 31.2 Å². The third-order valence-electron chi connectivity index (χ3n) is 4.32. The Morgan fingerprint density at radius 3 is 2.42 bits per heavy atom. The lowest BCUT2D eigenvalue weighted by molar-refractivity contribution is 0.0939. The van der Waals surface area contributed by atoms with Crippen LogP contribution in [0.3, 0.4) is 0 Å². The van der Waals surface area contributed by atoms with E-state index in [1.54, 1.807) is 0 Å². The summed E-state index contributed by atoms with van der Waals surface area (Å²) < 4.78 is 0. The van der Waals surface area contributed by atoms with Crippen LogP contribution in [-0.2, 0) is 6.54 Å². The minimum atomic E-state index is -0.0202. The van der Waals surface area contributed by atoms with Crippen LogP contribution in [0.2, 0.25) is 0 Å². The van der Waals surface area contributed by atoms with E-state index in [9.17, 15) is 4.79 Å². The van der Waals surface area contributed by atoms with Gasteiger partial charge in [0, 0.05) is 24.2 Å². The van der Waals surface area contributed by atoms with E-state index in [0.29, 0.717) is 18.2 Å². The van der Waals surface area contributed by atoms with E-state index in [0.717, 1.165) is 37.3 Å². The average Bonchev–Trinajstić information content (AvgIpc) is 3.13. The predicted molar refractivity (Wildman–Crippen MR) is 119 cm³/mol. The molecule has 1 aromatic rings. The first-order chi connectivity index (χ1) is 12.1. The summed E-state index contributed by atoms with van der Waals surface area (Å²) in [6.45, 7) is 7.55. The molecule has 6 heteroatoms. The van der Waals surface area contributed by atoms with Gasteiger partial charge in [-0.25, -0.2) is 4.99 Å². The number of amides is 1. The van der Waals surface area contributed by atoms with Crippen molar-refractivity contribution in [3.05, 3.63) is 47.5 Å². The molecule has 5 nitrogen and oxygen atoms in total. The van der Waals surface area contributed by atoms with Crippen LogP contribution >= 0.6 is 24.0 Å². The standard InChI is InChI=1S/C20H30N4O.HI/c1-4-15(3)23-19(25)17-12-10-16(11-13-17)14-22-20(21-5-2)24-18-8-6-7-9-18;/h6-7,10-13,15,18H,4-5,8-9,14H2,1-3H3,(H,23,25)(H2,21,22,24);1H. The van der Waals surface area contributed by atoms with Crippen LogP contribution in [0.4, 0.5) is 0 Å². The first-order valence-corrected chi connectivity index (χ1v) is 9.22. The van der Waals surface area contributed by atoms with Crippen molar-refractivity contribution in [3.63, 3.8) is 0 Å². The number of nitrogens with one attached hydrogen (secondary N) is 3. The van der Waals surface area contributed by atoms with E-state index < -0.39 is 0 Å². The van der Waals surface area contributed by atoms with Crippen LogP contribution in [-0.4, -0.2) is 30.5 Å². The van der Waals surface area contributed by atoms with Crippen LogP contribution in [0.15, 0.2) is 41.4 Å². The Kier molecular flexibility index (Phi) is 10.3. The Morgan fingerprint density at radius 1 is 1.19 bits per heavy atom. The van der Waals surface area contributed by atoms with Gasteiger partial charge in [0.2, 0.25) is 0 Å². The summed E-state index contributed by atoms with van der Waals surface area (Å²) in [7, 11) is 0. The summed E-state index contributed by atoms with van der Waals surface area (Å²) in [4.78, 5) is 16.8. The molecule has 2 rings (SSSR count). The second-order valence-corrected chi connectivity index (χ2v) is 6.46. The lowest BCUT2D eigenvalue weighted by atomic mass is 10.1. The Bertz CT molecular complexity index is 605. The Balaban J connectivity index is 0.00000338. The molecular formula is C20H31IN4O. The van der Waals surface area contributed by atoms with Gasteiger partial charge in [-0.05, 0) is 50.8 Å². The van der Waals surface area contributed by atoms with Gasteiger partial charge in [-0.3, -0.25) is 4.79 Å². The minimum absolute atomic E-state index is 0. The summed E-state index contributed by atoms with van der Waals surface area (Å²) in [5, 5.41) is 9.72. The van der Waals surface area contributed by atoms with Gasteiger partial charge in [0.15, 0.2) is 5.96 Å². The molecule has 0 saturated carbocycles. The molecule has 0 heterocycles. The highest BCUT2D eigenvalue weighted by atomic mass is 127. The number of carbonyl (C=O) groups is 1. The fraction of sp³-hybridized carbons (Fsp3) is 0.500. The van der Waals surface area contributed by atoms with Crippen molar-refractivity contribution < 1.29 is 4.79 Å². The van der Waals surface area contributed by atoms with Crippen molar-refractivity contribution in [1.29, 1.82) is 0 Å². The van der Waals surface area contributed by atoms with Crippen molar-refractivity contribution in [2.75, 3.05) is 6.54 Å². The summed E-state index contributed by atoms with van der Waals surface area (Å²) in [5.41, 5.74) is 1.77. The molecular weight excluding hydrogens is 439 g/mol. The Hall–Kier alpha value is -1.57. The van der Waals surface area contributed by atoms with E-state index in [1.165, 1.54) is 0 Å². The van der Waals surface area contributed by atoms with E-state index in [-0.39, 0.29) is 35.9 Å². The molecule has 144 valence electrons. The van der Waals surface area contributed by atoms with Crippen molar-refractivity contribution in [2.45, 2.75) is 58.7 Å². The zero-order chi connectivity index (χ0) is 18.1. The van der Waals surface area contributed by atoms with Gasteiger partial charge in [-0.2, -0.15) is 0 Å². The predicted octanol–water partition coefficient (Wildman–Crippen LogP) is 3.61. The topological polar surface area (TPSA) is 65.5 Å². The number of rotatable bonds is 7. The van der Waals surface area contributed by atoms with Crippen molar-refractivity contribution >= 4 is 35.8 Å². The molecule has 3 N–H and O–H groups in total. The molecule has 0 saturated heterocycles. The van der Waals surface area contributed by atoms with Gasteiger partial charge < -0.3 is 16.0 Å². The molecule has 0 spiro atoms. The number of aliphatic imine (C=N–C) groups is 1. The van der Waals surface area contributed by atoms with Crippen molar-refractivity contribution in [3.8, 4) is 0 Å². The lowest BCUT2D eigenvalue weighted by Crippen LogP contribution is -2.42. The summed E-state index contributed by atoms with van der Waals surface area (Å²) in [6.07, 6.45) is 7.42. The fourth-order valence-electron chi connectivity index (χ4n) is 2.59. The molecule has 0 bridgehead atoms. The third kappa shape index (κ3) is 7.35. The third-order valence-corrected chi connectivity index (χ3v) is 4.32. The van der Waals surface area contributed by atoms with E-state index in [2.05, 4.69) is 46.9 Å². The van der Waals surface area contributed by atoms with Gasteiger partial charge in [-0.15, -0.1) is 24.0 Å². The molecule has 0 aromatic heterocycles. The summed E-state index contributed by atoms with van der Waals surface area (Å²) >= 11 is 0. The van der Waals surface area contributed by atoms with Crippen LogP contribution in [0.25, 0.3) is 0 Å². The second-order valence-electron chi connectivity index (χ2n) is 6.46. The molecule has 0 fully saturated rings. The van der Waals surface area contributed by atoms with Crippen LogP contribution in [0, 0.1) is 0 Å². The molecule has 1 atom stereocenters. The highest BCUT2D eigenvalue weighted by molar-refractivity contribution is 14.0. The maximum absolute atomic E-state index is 12.1. The molecule has 26 heavy (non-hydrogen) atoms. The SMILES string of the molecule is CCNC(=NCc1ccc(C(=O)NC(C)CC)cc1)NC1CC=CC1.I. The Labute approximate surface area is 174 Å². The normalized spacial score (nSPS) is 15.3. The summed E-state index contributed by atoms with van der Waals surface area (Å²) in [6, 6.07) is 8.29. The Morgan fingerprint density at radius 2 is 1.85 bits per heavy atom. The first kappa shape index (κ1) is 22.5. The molecule has 0 aliphatic heterocycles. The van der Waals surface area contributed by atoms with Gasteiger partial charge in [0.1, 0.15) is 0 Å². The van der Waals surface area contributed by atoms with E-state index in [4.69, 9.17) is 0 Å². The fourth-order valence-corrected chi connectivity index (χ4v) is 2.59. The first-order valence-electron chi connectivity index (χ1n) is 9.22. The zero-order valence-electron chi connectivity index (χ0n) is 15.9. The number of hydrogen-bond acceptors (Lipinski definition) is 2. The monoisotopic (exact) mass is 470 g/mol. The molecule has 1 unspecified atom stereocenters. The van der Waals surface area contributed by atoms with Gasteiger partial charge >= 0.3 is 0 Å². The zero-order valence-corrected chi connectivity index (χ0v) is 18.2. The van der Waals surface area contributed by atoms with E-state index >= 15 is 0 Å². The molecule has 1 aliphatic rings. The number of hydrogen-bond donors (Lipinski definition) is 3. The number of nitrogens with zero attached hydrogens (tertiary/aromatic N) is 1. The lowest BCUT2D eigenvalue weighted by Gasteiger charge is -2.16. The van der Waals surface area contributed by atoms with Crippen LogP contribution in [0.1, 0.15) is 56.0 Å². The maximum atomic E-state index is 12.1. The smallest absolute Gasteiger partial charge is 0.251 e. The van der Waals surface area contributed by atoms with Crippen LogP contribution < -0.4 is 16.0 Å². The molecule has 1 aromatic carbocycles. The number of halogens is 1. The molecule has 0 radical (unpaired) electrons. The molecule has 1 amide bonds. The maximum Gasteiger partial charge on any atom is 0.251 e. The highest BCUT2D eigenvalue weighted by Crippen LogP contribution is 2.10. The van der Waals surface area contributed by atoms with Gasteiger partial charge in [0.25, 0.3) is 5.91 Å². The number of benzene rings is 1. The van der Waals surface area contributed by atoms with Gasteiger partial charge in [0.05, 0.1) is 6.54 Å². The van der Waals surface area contributed by atoms with Crippen LogP contribution in [0.5, 0.6) is 0 Å². The van der Waals surface area contributed by atoms with Crippen molar-refractivity contribution in [2.24, 2.45) is 4.99 Å². The van der Waals surface area contributed by atoms with Crippen molar-refractivity contribution in [1.82, 2.24) is 16.0 Å². The minimum Gasteiger partial charge on any atom is -0.357 e. The average molecular weight is 470 g/mol. The molecule has 1 aliphatic carbocycles. The number of carbonyl (C=O) groups excluding carboxylic acids is 1. The number of guanidine groups is 1. The summed E-state index contributed by atoms with van der Waals surface area (Å²) in [5.74, 6) is 0.822. The quantitative estimate of drug-likeness (QED) is 0.247.